The number of fused-ring (bicyclic) bond motifs is 1. The lowest BCUT2D eigenvalue weighted by Crippen LogP contribution is -2.15. The molecule has 0 saturated heterocycles. The van der Waals surface area contributed by atoms with Crippen molar-refractivity contribution in [2.24, 2.45) is 0 Å². The van der Waals surface area contributed by atoms with Gasteiger partial charge in [-0.3, -0.25) is 4.98 Å². The van der Waals surface area contributed by atoms with Crippen LogP contribution < -0.4 is 4.74 Å². The van der Waals surface area contributed by atoms with Crippen molar-refractivity contribution < 1.29 is 19.0 Å². The maximum Gasteiger partial charge on any atom is 0.336 e. The topological polar surface area (TPSA) is 59.4 Å². The summed E-state index contributed by atoms with van der Waals surface area (Å²) in [5.41, 5.74) is 2.23. The summed E-state index contributed by atoms with van der Waals surface area (Å²) >= 11 is 1.57. The van der Waals surface area contributed by atoms with E-state index in [2.05, 4.69) is 17.1 Å². The van der Waals surface area contributed by atoms with Crippen LogP contribution in [0, 0.1) is 5.82 Å². The van der Waals surface area contributed by atoms with Gasteiger partial charge in [-0.25, -0.2) is 9.18 Å². The number of aryl methyl sites for hydroxylation is 1. The van der Waals surface area contributed by atoms with Gasteiger partial charge in [-0.2, -0.15) is 0 Å². The van der Waals surface area contributed by atoms with E-state index in [1.165, 1.54) is 18.3 Å². The summed E-state index contributed by atoms with van der Waals surface area (Å²) in [6.45, 7) is 0.640. The first-order chi connectivity index (χ1) is 14.1. The largest absolute Gasteiger partial charge is 0.493 e. The number of aromatic nitrogens is 1. The van der Waals surface area contributed by atoms with Crippen LogP contribution in [0.4, 0.5) is 4.39 Å². The molecule has 0 aliphatic carbocycles. The minimum atomic E-state index is -0.919. The molecule has 3 aromatic rings. The third-order valence-corrected chi connectivity index (χ3v) is 6.09. The number of rotatable bonds is 6. The number of pyridine rings is 1. The zero-order chi connectivity index (χ0) is 20.2. The maximum atomic E-state index is 13.1. The standard InChI is InChI=1S/C23H20FNO3S/c24-17-3-5-18(6-4-17)29-19-7-8-20-15(10-12-28-22(20)13-19)1-2-16-14-25-11-9-21(16)23(26)27/h3-9,11,13-15H,1-2,10,12H2,(H,26,27)/t15-/m0/s1. The molecular formula is C23H20FNO3S. The molecule has 1 aliphatic rings. The molecule has 1 atom stereocenters. The molecular weight excluding hydrogens is 389 g/mol. The zero-order valence-corrected chi connectivity index (χ0v) is 16.5. The van der Waals surface area contributed by atoms with Gasteiger partial charge in [0.25, 0.3) is 0 Å². The summed E-state index contributed by atoms with van der Waals surface area (Å²) in [4.78, 5) is 17.5. The number of carboxylic acid groups (broad SMARTS) is 1. The molecule has 0 fully saturated rings. The van der Waals surface area contributed by atoms with Crippen LogP contribution in [0.5, 0.6) is 5.75 Å². The van der Waals surface area contributed by atoms with E-state index in [-0.39, 0.29) is 5.82 Å². The van der Waals surface area contributed by atoms with Gasteiger partial charge in [0.2, 0.25) is 0 Å². The Morgan fingerprint density at radius 1 is 1.17 bits per heavy atom. The lowest BCUT2D eigenvalue weighted by Gasteiger charge is -2.26. The molecule has 1 N–H and O–H groups in total. The van der Waals surface area contributed by atoms with Crippen LogP contribution in [-0.2, 0) is 6.42 Å². The van der Waals surface area contributed by atoms with Crippen molar-refractivity contribution in [2.45, 2.75) is 35.0 Å². The number of nitrogens with zero attached hydrogens (tertiary/aromatic N) is 1. The van der Waals surface area contributed by atoms with Gasteiger partial charge in [0.05, 0.1) is 12.2 Å². The van der Waals surface area contributed by atoms with Crippen molar-refractivity contribution in [3.05, 3.63) is 83.4 Å². The minimum Gasteiger partial charge on any atom is -0.493 e. The van der Waals surface area contributed by atoms with Crippen LogP contribution in [0.1, 0.15) is 40.2 Å². The van der Waals surface area contributed by atoms with Crippen molar-refractivity contribution in [2.75, 3.05) is 6.61 Å². The lowest BCUT2D eigenvalue weighted by molar-refractivity contribution is 0.0695. The van der Waals surface area contributed by atoms with Crippen molar-refractivity contribution in [3.63, 3.8) is 0 Å². The summed E-state index contributed by atoms with van der Waals surface area (Å²) in [5, 5.41) is 9.36. The normalized spacial score (nSPS) is 15.4. The zero-order valence-electron chi connectivity index (χ0n) is 15.7. The minimum absolute atomic E-state index is 0.245. The Morgan fingerprint density at radius 2 is 1.97 bits per heavy atom. The third kappa shape index (κ3) is 4.59. The second kappa shape index (κ2) is 8.66. The Labute approximate surface area is 172 Å². The highest BCUT2D eigenvalue weighted by Crippen LogP contribution is 2.40. The maximum absolute atomic E-state index is 13.1. The summed E-state index contributed by atoms with van der Waals surface area (Å²) in [6.07, 6.45) is 5.56. The monoisotopic (exact) mass is 409 g/mol. The average Bonchev–Trinajstić information content (AvgIpc) is 2.74. The Hall–Kier alpha value is -2.86. The predicted molar refractivity (Wildman–Crippen MR) is 109 cm³/mol. The molecule has 6 heteroatoms. The molecule has 0 bridgehead atoms. The van der Waals surface area contributed by atoms with E-state index in [1.807, 2.05) is 6.07 Å². The molecule has 0 spiro atoms. The van der Waals surface area contributed by atoms with Crippen LogP contribution in [0.15, 0.2) is 70.7 Å². The first-order valence-corrected chi connectivity index (χ1v) is 10.3. The second-order valence-corrected chi connectivity index (χ2v) is 8.11. The van der Waals surface area contributed by atoms with Crippen molar-refractivity contribution in [1.82, 2.24) is 4.98 Å². The first kappa shape index (κ1) is 19.5. The van der Waals surface area contributed by atoms with Crippen LogP contribution in [0.3, 0.4) is 0 Å². The molecule has 148 valence electrons. The molecule has 0 amide bonds. The van der Waals surface area contributed by atoms with Crippen molar-refractivity contribution in [1.29, 1.82) is 0 Å². The van der Waals surface area contributed by atoms with E-state index in [9.17, 15) is 14.3 Å². The number of carbonyl (C=O) groups is 1. The van der Waals surface area contributed by atoms with Gasteiger partial charge in [0.1, 0.15) is 11.6 Å². The van der Waals surface area contributed by atoms with E-state index in [0.717, 1.165) is 39.5 Å². The Balaban J connectivity index is 1.48. The van der Waals surface area contributed by atoms with E-state index in [4.69, 9.17) is 4.74 Å². The number of hydrogen-bond donors (Lipinski definition) is 1. The molecule has 2 heterocycles. The first-order valence-electron chi connectivity index (χ1n) is 9.46. The Morgan fingerprint density at radius 3 is 2.76 bits per heavy atom. The number of benzene rings is 2. The number of ether oxygens (including phenoxy) is 1. The molecule has 0 saturated carbocycles. The fourth-order valence-corrected chi connectivity index (χ4v) is 4.46. The van der Waals surface area contributed by atoms with Crippen molar-refractivity contribution >= 4 is 17.7 Å². The van der Waals surface area contributed by atoms with Gasteiger partial charge in [-0.1, -0.05) is 17.8 Å². The fourth-order valence-electron chi connectivity index (χ4n) is 3.61. The number of aromatic carboxylic acids is 1. The summed E-state index contributed by atoms with van der Waals surface area (Å²) < 4.78 is 19.0. The number of halogens is 1. The van der Waals surface area contributed by atoms with Crippen molar-refractivity contribution in [3.8, 4) is 5.75 Å². The van der Waals surface area contributed by atoms with Crippen LogP contribution >= 0.6 is 11.8 Å². The van der Waals surface area contributed by atoms with Crippen LogP contribution in [0.25, 0.3) is 0 Å². The number of hydrogen-bond acceptors (Lipinski definition) is 4. The highest BCUT2D eigenvalue weighted by Gasteiger charge is 2.22. The predicted octanol–water partition coefficient (Wildman–Crippen LogP) is 5.57. The number of carboxylic acids is 1. The molecule has 0 radical (unpaired) electrons. The molecule has 1 aromatic heterocycles. The van der Waals surface area contributed by atoms with Gasteiger partial charge in [-0.15, -0.1) is 0 Å². The molecule has 1 aliphatic heterocycles. The van der Waals surface area contributed by atoms with Gasteiger partial charge in [-0.05, 0) is 78.8 Å². The molecule has 29 heavy (non-hydrogen) atoms. The van der Waals surface area contributed by atoms with Gasteiger partial charge in [0.15, 0.2) is 0 Å². The quantitative estimate of drug-likeness (QED) is 0.577. The Bertz CT molecular complexity index is 1020. The molecule has 2 aromatic carbocycles. The van der Waals surface area contributed by atoms with E-state index >= 15 is 0 Å². The molecule has 4 rings (SSSR count). The summed E-state index contributed by atoms with van der Waals surface area (Å²) in [7, 11) is 0. The van der Waals surface area contributed by atoms with Gasteiger partial charge in [0, 0.05) is 22.2 Å². The molecule has 0 unspecified atom stereocenters. The van der Waals surface area contributed by atoms with E-state index in [0.29, 0.717) is 24.5 Å². The van der Waals surface area contributed by atoms with E-state index < -0.39 is 5.97 Å². The fraction of sp³-hybridized carbons (Fsp3) is 0.217. The molecule has 4 nitrogen and oxygen atoms in total. The SMILES string of the molecule is O=C(O)c1ccncc1CC[C@H]1CCOc2cc(Sc3ccc(F)cc3)ccc21. The Kier molecular flexibility index (Phi) is 5.81. The van der Waals surface area contributed by atoms with Gasteiger partial charge >= 0.3 is 5.97 Å². The average molecular weight is 409 g/mol. The highest BCUT2D eigenvalue weighted by molar-refractivity contribution is 7.99. The van der Waals surface area contributed by atoms with Gasteiger partial charge < -0.3 is 9.84 Å². The van der Waals surface area contributed by atoms with E-state index in [1.54, 1.807) is 36.2 Å². The third-order valence-electron chi connectivity index (χ3n) is 5.09. The smallest absolute Gasteiger partial charge is 0.336 e. The highest BCUT2D eigenvalue weighted by atomic mass is 32.2. The lowest BCUT2D eigenvalue weighted by atomic mass is 9.87. The van der Waals surface area contributed by atoms with Crippen LogP contribution in [-0.4, -0.2) is 22.7 Å². The summed E-state index contributed by atoms with van der Waals surface area (Å²) in [6, 6.07) is 14.2. The summed E-state index contributed by atoms with van der Waals surface area (Å²) in [5.74, 6) is 0.0198. The van der Waals surface area contributed by atoms with Crippen LogP contribution in [0.2, 0.25) is 0 Å². The second-order valence-electron chi connectivity index (χ2n) is 6.97.